The zero-order chi connectivity index (χ0) is 27.2. The number of hydrogen-bond acceptors (Lipinski definition) is 5. The van der Waals surface area contributed by atoms with E-state index in [1.54, 1.807) is 103 Å². The average Bonchev–Trinajstić information content (AvgIpc) is 2.98. The molecule has 0 amide bonds. The summed E-state index contributed by atoms with van der Waals surface area (Å²) in [7, 11) is -3.66. The van der Waals surface area contributed by atoms with Crippen LogP contribution in [0, 0.1) is 0 Å². The summed E-state index contributed by atoms with van der Waals surface area (Å²) in [5, 5.41) is 0. The highest BCUT2D eigenvalue weighted by molar-refractivity contribution is 7.85. The van der Waals surface area contributed by atoms with Crippen LogP contribution in [0.15, 0.2) is 152 Å². The Morgan fingerprint density at radius 1 is 0.385 bits per heavy atom. The molecule has 39 heavy (non-hydrogen) atoms. The van der Waals surface area contributed by atoms with Crippen molar-refractivity contribution in [2.75, 3.05) is 6.26 Å². The lowest BCUT2D eigenvalue weighted by Crippen LogP contribution is -1.94. The minimum atomic E-state index is -1.37. The van der Waals surface area contributed by atoms with E-state index in [1.807, 2.05) is 30.3 Å². The molecule has 0 saturated carbocycles. The first-order valence-electron chi connectivity index (χ1n) is 11.9. The molecule has 0 saturated heterocycles. The van der Waals surface area contributed by atoms with E-state index in [4.69, 9.17) is 9.47 Å². The summed E-state index contributed by atoms with van der Waals surface area (Å²) in [5.41, 5.74) is 0. The molecule has 196 valence electrons. The molecule has 0 heterocycles. The summed E-state index contributed by atoms with van der Waals surface area (Å²) < 4.78 is 49.1. The molecule has 5 nitrogen and oxygen atoms in total. The van der Waals surface area contributed by atoms with Gasteiger partial charge in [0.25, 0.3) is 0 Å². The maximum Gasteiger partial charge on any atom is 0.127 e. The molecule has 0 aliphatic rings. The third-order valence-corrected chi connectivity index (χ3v) is 9.44. The van der Waals surface area contributed by atoms with Crippen LogP contribution < -0.4 is 9.47 Å². The molecular formula is C31H24O5S3. The molecule has 3 atom stereocenters. The van der Waals surface area contributed by atoms with Crippen LogP contribution >= 0.6 is 0 Å². The van der Waals surface area contributed by atoms with E-state index in [0.29, 0.717) is 37.7 Å². The van der Waals surface area contributed by atoms with Gasteiger partial charge in [0.2, 0.25) is 0 Å². The van der Waals surface area contributed by atoms with Crippen molar-refractivity contribution in [3.63, 3.8) is 0 Å². The van der Waals surface area contributed by atoms with E-state index in [-0.39, 0.29) is 0 Å². The standard InChI is InChI=1S/C31H24O5S3/c1-37(32)27-15-7-23(8-16-27)35-24-11-19-30(20-12-24)39(34)31-21-13-26(14-22-31)36-25-9-17-29(18-10-25)38(33)28-5-3-2-4-6-28/h2-22H,1H3. The van der Waals surface area contributed by atoms with Gasteiger partial charge in [-0.3, -0.25) is 4.21 Å². The molecule has 3 unspecified atom stereocenters. The Bertz CT molecular complexity index is 1620. The van der Waals surface area contributed by atoms with Crippen LogP contribution in [0.3, 0.4) is 0 Å². The van der Waals surface area contributed by atoms with Crippen LogP contribution in [-0.2, 0) is 32.4 Å². The Labute approximate surface area is 234 Å². The molecule has 0 spiro atoms. The molecule has 5 aromatic carbocycles. The minimum Gasteiger partial charge on any atom is -0.457 e. The van der Waals surface area contributed by atoms with Gasteiger partial charge in [0.15, 0.2) is 0 Å². The number of hydrogen-bond donors (Lipinski definition) is 0. The maximum absolute atomic E-state index is 13.1. The van der Waals surface area contributed by atoms with Gasteiger partial charge in [0.1, 0.15) is 23.0 Å². The molecule has 0 fully saturated rings. The van der Waals surface area contributed by atoms with Crippen molar-refractivity contribution in [1.82, 2.24) is 0 Å². The smallest absolute Gasteiger partial charge is 0.127 e. The van der Waals surface area contributed by atoms with E-state index in [2.05, 4.69) is 0 Å². The summed E-state index contributed by atoms with van der Waals surface area (Å²) in [6.45, 7) is 0. The monoisotopic (exact) mass is 572 g/mol. The number of benzene rings is 5. The van der Waals surface area contributed by atoms with E-state index in [9.17, 15) is 12.6 Å². The third kappa shape index (κ3) is 6.78. The van der Waals surface area contributed by atoms with Crippen molar-refractivity contribution in [3.8, 4) is 23.0 Å². The van der Waals surface area contributed by atoms with E-state index in [1.165, 1.54) is 0 Å². The zero-order valence-electron chi connectivity index (χ0n) is 20.9. The topological polar surface area (TPSA) is 69.7 Å². The summed E-state index contributed by atoms with van der Waals surface area (Å²) in [6, 6.07) is 37.7. The molecule has 5 aromatic rings. The van der Waals surface area contributed by atoms with Crippen LogP contribution in [0.25, 0.3) is 0 Å². The fourth-order valence-corrected chi connectivity index (χ4v) is 6.30. The molecule has 0 bridgehead atoms. The predicted molar refractivity (Wildman–Crippen MR) is 154 cm³/mol. The molecule has 0 aromatic heterocycles. The molecule has 0 aliphatic carbocycles. The Morgan fingerprint density at radius 3 is 0.974 bits per heavy atom. The van der Waals surface area contributed by atoms with Crippen LogP contribution in [0.5, 0.6) is 23.0 Å². The second kappa shape index (κ2) is 12.3. The summed E-state index contributed by atoms with van der Waals surface area (Å²) in [6.07, 6.45) is 1.63. The fraction of sp³-hybridized carbons (Fsp3) is 0.0323. The quantitative estimate of drug-likeness (QED) is 0.185. The van der Waals surface area contributed by atoms with E-state index < -0.39 is 32.4 Å². The van der Waals surface area contributed by atoms with Gasteiger partial charge in [-0.15, -0.1) is 0 Å². The van der Waals surface area contributed by atoms with Crippen molar-refractivity contribution in [2.45, 2.75) is 24.5 Å². The van der Waals surface area contributed by atoms with Crippen LogP contribution in [0.4, 0.5) is 0 Å². The molecule has 5 rings (SSSR count). The fourth-order valence-electron chi connectivity index (χ4n) is 3.68. The summed E-state index contributed by atoms with van der Waals surface area (Å²) in [4.78, 5) is 3.47. The van der Waals surface area contributed by atoms with E-state index in [0.717, 1.165) is 9.79 Å². The lowest BCUT2D eigenvalue weighted by atomic mass is 10.3. The van der Waals surface area contributed by atoms with Crippen molar-refractivity contribution in [3.05, 3.63) is 127 Å². The minimum absolute atomic E-state index is 0.606. The van der Waals surface area contributed by atoms with Gasteiger partial charge in [0, 0.05) is 41.5 Å². The van der Waals surface area contributed by atoms with E-state index >= 15 is 0 Å². The van der Waals surface area contributed by atoms with Crippen LogP contribution in [0.2, 0.25) is 0 Å². The largest absolute Gasteiger partial charge is 0.457 e. The van der Waals surface area contributed by atoms with Gasteiger partial charge in [-0.2, -0.15) is 0 Å². The van der Waals surface area contributed by atoms with Gasteiger partial charge in [-0.05, 0) is 109 Å². The van der Waals surface area contributed by atoms with Crippen LogP contribution in [-0.4, -0.2) is 18.9 Å². The van der Waals surface area contributed by atoms with Crippen LogP contribution in [0.1, 0.15) is 0 Å². The first kappa shape index (κ1) is 26.7. The third-order valence-electron chi connectivity index (χ3n) is 5.70. The average molecular weight is 573 g/mol. The summed E-state index contributed by atoms with van der Waals surface area (Å²) >= 11 is 0. The van der Waals surface area contributed by atoms with Gasteiger partial charge < -0.3 is 9.47 Å². The normalized spacial score (nSPS) is 13.3. The lowest BCUT2D eigenvalue weighted by Gasteiger charge is -2.09. The molecule has 0 aliphatic heterocycles. The van der Waals surface area contributed by atoms with Crippen molar-refractivity contribution in [2.24, 2.45) is 0 Å². The highest BCUT2D eigenvalue weighted by Crippen LogP contribution is 2.28. The van der Waals surface area contributed by atoms with Crippen molar-refractivity contribution in [1.29, 1.82) is 0 Å². The Kier molecular flexibility index (Phi) is 8.46. The second-order valence-electron chi connectivity index (χ2n) is 8.39. The van der Waals surface area contributed by atoms with Crippen molar-refractivity contribution < 1.29 is 22.1 Å². The molecular weight excluding hydrogens is 549 g/mol. The zero-order valence-corrected chi connectivity index (χ0v) is 23.3. The molecule has 0 N–H and O–H groups in total. The maximum atomic E-state index is 13.1. The van der Waals surface area contributed by atoms with Gasteiger partial charge in [-0.1, -0.05) is 18.2 Å². The van der Waals surface area contributed by atoms with Gasteiger partial charge in [-0.25, -0.2) is 8.42 Å². The number of rotatable bonds is 9. The van der Waals surface area contributed by atoms with Gasteiger partial charge in [0.05, 0.1) is 21.6 Å². The first-order valence-corrected chi connectivity index (χ1v) is 15.8. The second-order valence-corrected chi connectivity index (χ2v) is 12.7. The Balaban J connectivity index is 1.19. The molecule has 0 radical (unpaired) electrons. The lowest BCUT2D eigenvalue weighted by molar-refractivity contribution is 0.481. The first-order chi connectivity index (χ1) is 19.0. The highest BCUT2D eigenvalue weighted by atomic mass is 32.2. The Morgan fingerprint density at radius 2 is 0.667 bits per heavy atom. The number of ether oxygens (including phenoxy) is 2. The SMILES string of the molecule is CS(=O)c1ccc(Oc2ccc(S(=O)c3ccc(Oc4ccc(S(=O)c5ccccc5)cc4)cc3)cc2)cc1. The summed E-state index contributed by atoms with van der Waals surface area (Å²) in [5.74, 6) is 2.47. The van der Waals surface area contributed by atoms with Gasteiger partial charge >= 0.3 is 0 Å². The highest BCUT2D eigenvalue weighted by Gasteiger charge is 2.10. The predicted octanol–water partition coefficient (Wildman–Crippen LogP) is 7.34. The van der Waals surface area contributed by atoms with Crippen molar-refractivity contribution >= 4 is 32.4 Å². The Hall–Kier alpha value is -3.85. The molecule has 8 heteroatoms.